The molecular weight excluding hydrogens is 238 g/mol. The van der Waals surface area contributed by atoms with Crippen molar-refractivity contribution in [1.29, 1.82) is 0 Å². The van der Waals surface area contributed by atoms with Gasteiger partial charge in [-0.2, -0.15) is 0 Å². The van der Waals surface area contributed by atoms with Gasteiger partial charge in [0, 0.05) is 41.9 Å². The fraction of sp³-hybridized carbons (Fsp3) is 0.455. The van der Waals surface area contributed by atoms with Crippen LogP contribution >= 0.6 is 11.8 Å². The summed E-state index contributed by atoms with van der Waals surface area (Å²) in [6.45, 7) is 3.59. The Kier molecular flexibility index (Phi) is 3.54. The van der Waals surface area contributed by atoms with E-state index in [4.69, 9.17) is 5.73 Å². The average Bonchev–Trinajstić information content (AvgIpc) is 2.36. The molecule has 1 aliphatic heterocycles. The van der Waals surface area contributed by atoms with Gasteiger partial charge < -0.3 is 10.6 Å². The van der Waals surface area contributed by atoms with E-state index >= 15 is 0 Å². The molecule has 17 heavy (non-hydrogen) atoms. The molecule has 2 N–H and O–H groups in total. The minimum atomic E-state index is -0.355. The molecule has 2 rings (SSSR count). The molecule has 1 heterocycles. The summed E-state index contributed by atoms with van der Waals surface area (Å²) in [5.74, 6) is 0.943. The largest absolute Gasteiger partial charge is 0.366 e. The topological polar surface area (TPSA) is 72.4 Å². The fourth-order valence-electron chi connectivity index (χ4n) is 1.93. The molecule has 92 valence electrons. The van der Waals surface area contributed by atoms with Crippen LogP contribution in [-0.4, -0.2) is 29.8 Å². The van der Waals surface area contributed by atoms with Crippen LogP contribution in [0.2, 0.25) is 0 Å². The van der Waals surface area contributed by atoms with Gasteiger partial charge in [0.1, 0.15) is 0 Å². The van der Waals surface area contributed by atoms with Crippen molar-refractivity contribution in [3.05, 3.63) is 28.3 Å². The van der Waals surface area contributed by atoms with E-state index in [0.29, 0.717) is 6.54 Å². The van der Waals surface area contributed by atoms with Crippen molar-refractivity contribution in [2.75, 3.05) is 23.7 Å². The number of benzene rings is 1. The average molecular weight is 253 g/mol. The first-order valence-corrected chi connectivity index (χ1v) is 6.50. The number of nitro groups is 1. The molecule has 0 fully saturated rings. The number of nitrogens with zero attached hydrogens (tertiary/aromatic N) is 2. The van der Waals surface area contributed by atoms with Crippen LogP contribution in [0.4, 0.5) is 11.4 Å². The maximum atomic E-state index is 10.7. The van der Waals surface area contributed by atoms with Crippen molar-refractivity contribution >= 4 is 23.1 Å². The van der Waals surface area contributed by atoms with E-state index in [2.05, 4.69) is 11.8 Å². The minimum absolute atomic E-state index is 0.151. The van der Waals surface area contributed by atoms with Gasteiger partial charge >= 0.3 is 0 Å². The molecule has 0 aliphatic carbocycles. The molecular formula is C11H15N3O2S. The van der Waals surface area contributed by atoms with E-state index < -0.39 is 0 Å². The van der Waals surface area contributed by atoms with Crippen LogP contribution in [0.3, 0.4) is 0 Å². The monoisotopic (exact) mass is 253 g/mol. The Hall–Kier alpha value is -1.27. The molecule has 5 nitrogen and oxygen atoms in total. The number of non-ortho nitro benzene ring substituents is 1. The Balaban J connectivity index is 2.36. The molecule has 1 atom stereocenters. The SMILES string of the molecule is CC(CN)N1CCSc2cc([N+](=O)[O-])ccc21. The van der Waals surface area contributed by atoms with Crippen molar-refractivity contribution in [3.8, 4) is 0 Å². The third-order valence-corrected chi connectivity index (χ3v) is 3.95. The van der Waals surface area contributed by atoms with Crippen LogP contribution in [0, 0.1) is 10.1 Å². The Morgan fingerprint density at radius 1 is 1.65 bits per heavy atom. The minimum Gasteiger partial charge on any atom is -0.366 e. The second-order valence-corrected chi connectivity index (χ2v) is 5.17. The first-order chi connectivity index (χ1) is 8.13. The molecule has 0 saturated carbocycles. The maximum absolute atomic E-state index is 10.7. The molecule has 0 bridgehead atoms. The standard InChI is InChI=1S/C11H15N3O2S/c1-8(7-12)13-4-5-17-11-6-9(14(15)16)2-3-10(11)13/h2-3,6,8H,4-5,7,12H2,1H3. The molecule has 1 aromatic rings. The number of fused-ring (bicyclic) bond motifs is 1. The summed E-state index contributed by atoms with van der Waals surface area (Å²) in [5.41, 5.74) is 6.89. The van der Waals surface area contributed by atoms with Gasteiger partial charge in [-0.25, -0.2) is 0 Å². The van der Waals surface area contributed by atoms with Gasteiger partial charge in [-0.1, -0.05) is 0 Å². The van der Waals surface area contributed by atoms with Crippen molar-refractivity contribution in [2.24, 2.45) is 5.73 Å². The second-order valence-electron chi connectivity index (χ2n) is 4.04. The smallest absolute Gasteiger partial charge is 0.270 e. The molecule has 0 saturated heterocycles. The highest BCUT2D eigenvalue weighted by molar-refractivity contribution is 7.99. The van der Waals surface area contributed by atoms with E-state index in [1.54, 1.807) is 23.9 Å². The maximum Gasteiger partial charge on any atom is 0.270 e. The van der Waals surface area contributed by atoms with Crippen LogP contribution < -0.4 is 10.6 Å². The van der Waals surface area contributed by atoms with E-state index in [9.17, 15) is 10.1 Å². The first-order valence-electron chi connectivity index (χ1n) is 5.51. The highest BCUT2D eigenvalue weighted by Gasteiger charge is 2.22. The van der Waals surface area contributed by atoms with E-state index in [1.165, 1.54) is 0 Å². The van der Waals surface area contributed by atoms with Crippen LogP contribution in [0.25, 0.3) is 0 Å². The number of rotatable bonds is 3. The molecule has 0 amide bonds. The van der Waals surface area contributed by atoms with Gasteiger partial charge in [-0.3, -0.25) is 10.1 Å². The van der Waals surface area contributed by atoms with E-state index in [-0.39, 0.29) is 16.7 Å². The van der Waals surface area contributed by atoms with Crippen LogP contribution in [-0.2, 0) is 0 Å². The van der Waals surface area contributed by atoms with Gasteiger partial charge in [0.05, 0.1) is 10.6 Å². The Morgan fingerprint density at radius 3 is 3.06 bits per heavy atom. The third-order valence-electron chi connectivity index (χ3n) is 2.93. The lowest BCUT2D eigenvalue weighted by molar-refractivity contribution is -0.385. The van der Waals surface area contributed by atoms with Gasteiger partial charge in [-0.15, -0.1) is 11.8 Å². The zero-order chi connectivity index (χ0) is 12.4. The summed E-state index contributed by atoms with van der Waals surface area (Å²) in [6.07, 6.45) is 0. The van der Waals surface area contributed by atoms with Crippen molar-refractivity contribution in [3.63, 3.8) is 0 Å². The Labute approximate surface area is 104 Å². The molecule has 1 aromatic carbocycles. The van der Waals surface area contributed by atoms with Crippen molar-refractivity contribution in [2.45, 2.75) is 17.9 Å². The van der Waals surface area contributed by atoms with Gasteiger partial charge in [-0.05, 0) is 13.0 Å². The Bertz CT molecular complexity index is 439. The van der Waals surface area contributed by atoms with Crippen LogP contribution in [0.5, 0.6) is 0 Å². The summed E-state index contributed by atoms with van der Waals surface area (Å²) in [6, 6.07) is 5.29. The summed E-state index contributed by atoms with van der Waals surface area (Å²) >= 11 is 1.66. The van der Waals surface area contributed by atoms with E-state index in [0.717, 1.165) is 22.9 Å². The number of nitrogens with two attached hydrogens (primary N) is 1. The molecule has 0 radical (unpaired) electrons. The number of hydrogen-bond acceptors (Lipinski definition) is 5. The van der Waals surface area contributed by atoms with Crippen molar-refractivity contribution < 1.29 is 4.92 Å². The highest BCUT2D eigenvalue weighted by atomic mass is 32.2. The molecule has 0 spiro atoms. The number of anilines is 1. The number of nitro benzene ring substituents is 1. The lowest BCUT2D eigenvalue weighted by atomic mass is 10.2. The lowest BCUT2D eigenvalue weighted by Gasteiger charge is -2.35. The number of hydrogen-bond donors (Lipinski definition) is 1. The highest BCUT2D eigenvalue weighted by Crippen LogP contribution is 2.37. The molecule has 6 heteroatoms. The lowest BCUT2D eigenvalue weighted by Crippen LogP contribution is -2.41. The summed E-state index contributed by atoms with van der Waals surface area (Å²) in [5, 5.41) is 10.7. The van der Waals surface area contributed by atoms with Gasteiger partial charge in [0.25, 0.3) is 5.69 Å². The quantitative estimate of drug-likeness (QED) is 0.657. The van der Waals surface area contributed by atoms with Crippen molar-refractivity contribution in [1.82, 2.24) is 0 Å². The molecule has 1 unspecified atom stereocenters. The van der Waals surface area contributed by atoms with Gasteiger partial charge in [0.2, 0.25) is 0 Å². The predicted octanol–water partition coefficient (Wildman–Crippen LogP) is 1.85. The summed E-state index contributed by atoms with van der Waals surface area (Å²) < 4.78 is 0. The zero-order valence-corrected chi connectivity index (χ0v) is 10.4. The predicted molar refractivity (Wildman–Crippen MR) is 69.7 cm³/mol. The summed E-state index contributed by atoms with van der Waals surface area (Å²) in [4.78, 5) is 13.6. The summed E-state index contributed by atoms with van der Waals surface area (Å²) in [7, 11) is 0. The number of thioether (sulfide) groups is 1. The van der Waals surface area contributed by atoms with Crippen LogP contribution in [0.15, 0.2) is 23.1 Å². The second kappa shape index (κ2) is 4.93. The molecule has 0 aromatic heterocycles. The third kappa shape index (κ3) is 2.37. The fourth-order valence-corrected chi connectivity index (χ4v) is 2.97. The van der Waals surface area contributed by atoms with E-state index in [1.807, 2.05) is 6.07 Å². The normalized spacial score (nSPS) is 16.5. The first kappa shape index (κ1) is 12.2. The molecule has 1 aliphatic rings. The van der Waals surface area contributed by atoms with Crippen LogP contribution in [0.1, 0.15) is 6.92 Å². The zero-order valence-electron chi connectivity index (χ0n) is 9.63. The van der Waals surface area contributed by atoms with Gasteiger partial charge in [0.15, 0.2) is 0 Å². The Morgan fingerprint density at radius 2 is 2.41 bits per heavy atom.